The van der Waals surface area contributed by atoms with E-state index in [-0.39, 0.29) is 12.5 Å². The van der Waals surface area contributed by atoms with Gasteiger partial charge in [-0.15, -0.1) is 0 Å². The summed E-state index contributed by atoms with van der Waals surface area (Å²) < 4.78 is 5.67. The Morgan fingerprint density at radius 3 is 2.63 bits per heavy atom. The first-order valence-electron chi connectivity index (χ1n) is 9.32. The minimum Gasteiger partial charge on any atom is -0.481 e. The van der Waals surface area contributed by atoms with Gasteiger partial charge < -0.3 is 10.1 Å². The molecule has 0 unspecified atom stereocenters. The largest absolute Gasteiger partial charge is 0.481 e. The van der Waals surface area contributed by atoms with E-state index in [9.17, 15) is 4.79 Å². The Bertz CT molecular complexity index is 911. The number of rotatable bonds is 7. The number of fused-ring (bicyclic) bond motifs is 2. The van der Waals surface area contributed by atoms with Crippen LogP contribution in [0.4, 0.5) is 0 Å². The number of hydrogen-bond donors (Lipinski definition) is 1. The molecule has 4 rings (SSSR count). The van der Waals surface area contributed by atoms with Crippen molar-refractivity contribution in [3.63, 3.8) is 0 Å². The first kappa shape index (κ1) is 17.5. The number of pyridine rings is 1. The number of nitrogens with one attached hydrogen (secondary N) is 1. The Kier molecular flexibility index (Phi) is 5.30. The molecule has 138 valence electrons. The van der Waals surface area contributed by atoms with Gasteiger partial charge in [-0.1, -0.05) is 42.5 Å². The summed E-state index contributed by atoms with van der Waals surface area (Å²) in [6.07, 6.45) is 2.65. The fraction of sp³-hybridized carbons (Fsp3) is 0.273. The summed E-state index contributed by atoms with van der Waals surface area (Å²) in [6, 6.07) is 18.2. The molecular weight excluding hydrogens is 338 g/mol. The van der Waals surface area contributed by atoms with Gasteiger partial charge in [0.05, 0.1) is 0 Å². The van der Waals surface area contributed by atoms with Crippen molar-refractivity contribution >= 4 is 16.8 Å². The minimum absolute atomic E-state index is 0.00480. The van der Waals surface area contributed by atoms with Gasteiger partial charge in [-0.3, -0.25) is 14.7 Å². The van der Waals surface area contributed by atoms with E-state index in [0.29, 0.717) is 12.3 Å². The Labute approximate surface area is 159 Å². The number of nitrogens with zero attached hydrogens (tertiary/aromatic N) is 2. The highest BCUT2D eigenvalue weighted by molar-refractivity contribution is 5.85. The lowest BCUT2D eigenvalue weighted by Crippen LogP contribution is -2.31. The van der Waals surface area contributed by atoms with Crippen molar-refractivity contribution < 1.29 is 9.53 Å². The first-order chi connectivity index (χ1) is 13.3. The van der Waals surface area contributed by atoms with Crippen molar-refractivity contribution in [1.29, 1.82) is 0 Å². The Morgan fingerprint density at radius 1 is 1.04 bits per heavy atom. The van der Waals surface area contributed by atoms with Crippen LogP contribution in [0.15, 0.2) is 60.8 Å². The van der Waals surface area contributed by atoms with Crippen LogP contribution in [0.25, 0.3) is 10.9 Å². The number of aromatic nitrogens is 1. The van der Waals surface area contributed by atoms with Crippen molar-refractivity contribution in [2.45, 2.75) is 19.5 Å². The first-order valence-corrected chi connectivity index (χ1v) is 9.32. The third-order valence-electron chi connectivity index (χ3n) is 4.83. The molecule has 1 aromatic heterocycles. The molecule has 5 nitrogen and oxygen atoms in total. The zero-order chi connectivity index (χ0) is 18.5. The lowest BCUT2D eigenvalue weighted by molar-refractivity contribution is -0.123. The zero-order valence-electron chi connectivity index (χ0n) is 15.2. The molecule has 0 spiro atoms. The normalized spacial score (nSPS) is 13.5. The van der Waals surface area contributed by atoms with E-state index in [0.717, 1.165) is 37.0 Å². The van der Waals surface area contributed by atoms with E-state index >= 15 is 0 Å². The molecule has 1 N–H and O–H groups in total. The van der Waals surface area contributed by atoms with Crippen LogP contribution in [0.3, 0.4) is 0 Å². The Hall–Kier alpha value is -2.92. The second-order valence-corrected chi connectivity index (χ2v) is 6.80. The number of para-hydroxylation sites is 1. The number of carbonyl (C=O) groups is 1. The van der Waals surface area contributed by atoms with Gasteiger partial charge >= 0.3 is 0 Å². The highest BCUT2D eigenvalue weighted by Gasteiger charge is 2.17. The predicted molar refractivity (Wildman–Crippen MR) is 105 cm³/mol. The quantitative estimate of drug-likeness (QED) is 0.657. The molecule has 0 fully saturated rings. The molecule has 0 bridgehead atoms. The van der Waals surface area contributed by atoms with Crippen molar-refractivity contribution in [2.75, 3.05) is 19.7 Å². The number of carbonyl (C=O) groups excluding carboxylic acids is 1. The van der Waals surface area contributed by atoms with Crippen LogP contribution in [-0.4, -0.2) is 35.5 Å². The van der Waals surface area contributed by atoms with E-state index in [1.54, 1.807) is 6.20 Å². The number of benzene rings is 2. The molecular formula is C22H23N3O2. The predicted octanol–water partition coefficient (Wildman–Crippen LogP) is 3.14. The maximum absolute atomic E-state index is 12.1. The summed E-state index contributed by atoms with van der Waals surface area (Å²) in [4.78, 5) is 18.8. The molecule has 5 heteroatoms. The molecule has 1 aliphatic heterocycles. The lowest BCUT2D eigenvalue weighted by atomic mass is 10.1. The summed E-state index contributed by atoms with van der Waals surface area (Å²) in [5, 5.41) is 3.94. The van der Waals surface area contributed by atoms with Crippen molar-refractivity contribution in [3.05, 3.63) is 71.9 Å². The summed E-state index contributed by atoms with van der Waals surface area (Å²) in [7, 11) is 0. The van der Waals surface area contributed by atoms with Gasteiger partial charge in [-0.2, -0.15) is 0 Å². The summed E-state index contributed by atoms with van der Waals surface area (Å²) >= 11 is 0. The van der Waals surface area contributed by atoms with Crippen LogP contribution in [0.5, 0.6) is 5.75 Å². The van der Waals surface area contributed by atoms with E-state index < -0.39 is 0 Å². The fourth-order valence-electron chi connectivity index (χ4n) is 3.48. The third kappa shape index (κ3) is 4.26. The Balaban J connectivity index is 1.18. The maximum atomic E-state index is 12.1. The molecule has 0 saturated carbocycles. The van der Waals surface area contributed by atoms with Gasteiger partial charge in [0, 0.05) is 37.8 Å². The lowest BCUT2D eigenvalue weighted by Gasteiger charge is -2.15. The van der Waals surface area contributed by atoms with Crippen molar-refractivity contribution in [1.82, 2.24) is 15.2 Å². The van der Waals surface area contributed by atoms with E-state index in [1.807, 2.05) is 30.3 Å². The van der Waals surface area contributed by atoms with Gasteiger partial charge in [0.15, 0.2) is 6.61 Å². The van der Waals surface area contributed by atoms with Crippen LogP contribution in [-0.2, 0) is 17.9 Å². The van der Waals surface area contributed by atoms with Crippen molar-refractivity contribution in [3.8, 4) is 5.75 Å². The van der Waals surface area contributed by atoms with E-state index in [4.69, 9.17) is 4.74 Å². The minimum atomic E-state index is -0.104. The molecule has 0 atom stereocenters. The van der Waals surface area contributed by atoms with Gasteiger partial charge in [0.2, 0.25) is 0 Å². The molecule has 3 aromatic rings. The third-order valence-corrected chi connectivity index (χ3v) is 4.83. The van der Waals surface area contributed by atoms with Gasteiger partial charge in [0.25, 0.3) is 5.91 Å². The van der Waals surface area contributed by atoms with Crippen LogP contribution >= 0.6 is 0 Å². The van der Waals surface area contributed by atoms with Crippen LogP contribution in [0.2, 0.25) is 0 Å². The number of amides is 1. The molecule has 2 heterocycles. The van der Waals surface area contributed by atoms with Crippen LogP contribution < -0.4 is 10.1 Å². The SMILES string of the molecule is O=C(COc1cccc2cccnc12)NCCCN1Cc2ccccc2C1. The average Bonchev–Trinajstić information content (AvgIpc) is 3.12. The fourth-order valence-corrected chi connectivity index (χ4v) is 3.48. The topological polar surface area (TPSA) is 54.5 Å². The van der Waals surface area contributed by atoms with E-state index in [1.165, 1.54) is 11.1 Å². The number of ether oxygens (including phenoxy) is 1. The number of hydrogen-bond acceptors (Lipinski definition) is 4. The monoisotopic (exact) mass is 361 g/mol. The summed E-state index contributed by atoms with van der Waals surface area (Å²) in [6.45, 7) is 3.64. The van der Waals surface area contributed by atoms with Gasteiger partial charge in [-0.05, 0) is 29.7 Å². The molecule has 0 saturated heterocycles. The smallest absolute Gasteiger partial charge is 0.257 e. The molecule has 0 aliphatic carbocycles. The van der Waals surface area contributed by atoms with E-state index in [2.05, 4.69) is 39.5 Å². The second kappa shape index (κ2) is 8.18. The maximum Gasteiger partial charge on any atom is 0.257 e. The molecule has 1 aliphatic rings. The summed E-state index contributed by atoms with van der Waals surface area (Å²) in [5.74, 6) is 0.533. The van der Waals surface area contributed by atoms with Gasteiger partial charge in [0.1, 0.15) is 11.3 Å². The molecule has 0 radical (unpaired) electrons. The van der Waals surface area contributed by atoms with Gasteiger partial charge in [-0.25, -0.2) is 0 Å². The average molecular weight is 361 g/mol. The second-order valence-electron chi connectivity index (χ2n) is 6.80. The zero-order valence-corrected chi connectivity index (χ0v) is 15.2. The molecule has 1 amide bonds. The standard InChI is InChI=1S/C22H23N3O2/c26-21(16-27-20-10-3-8-17-9-4-11-24-22(17)20)23-12-5-13-25-14-18-6-1-2-7-19(18)15-25/h1-4,6-11H,5,12-16H2,(H,23,26). The summed E-state index contributed by atoms with van der Waals surface area (Å²) in [5.41, 5.74) is 3.61. The molecule has 27 heavy (non-hydrogen) atoms. The highest BCUT2D eigenvalue weighted by Crippen LogP contribution is 2.23. The Morgan fingerprint density at radius 2 is 1.81 bits per heavy atom. The molecule has 2 aromatic carbocycles. The highest BCUT2D eigenvalue weighted by atomic mass is 16.5. The van der Waals surface area contributed by atoms with Crippen LogP contribution in [0, 0.1) is 0 Å². The van der Waals surface area contributed by atoms with Crippen molar-refractivity contribution in [2.24, 2.45) is 0 Å². The van der Waals surface area contributed by atoms with Crippen LogP contribution in [0.1, 0.15) is 17.5 Å².